The second-order valence-corrected chi connectivity index (χ2v) is 5.42. The van der Waals surface area contributed by atoms with Crippen LogP contribution in [0.1, 0.15) is 0 Å². The monoisotopic (exact) mass is 343 g/mol. The number of ether oxygens (including phenoxy) is 1. The van der Waals surface area contributed by atoms with Gasteiger partial charge in [-0.3, -0.25) is 5.10 Å². The fourth-order valence-electron chi connectivity index (χ4n) is 2.28. The van der Waals surface area contributed by atoms with Crippen LogP contribution in [-0.4, -0.2) is 17.3 Å². The molecular formula is C16H14BrN3O. The normalized spacial score (nSPS) is 10.6. The van der Waals surface area contributed by atoms with E-state index in [1.54, 1.807) is 7.11 Å². The van der Waals surface area contributed by atoms with E-state index in [0.717, 1.165) is 32.6 Å². The van der Waals surface area contributed by atoms with Crippen molar-refractivity contribution < 1.29 is 4.74 Å². The van der Waals surface area contributed by atoms with Crippen molar-refractivity contribution in [3.8, 4) is 28.1 Å². The molecule has 0 atom stereocenters. The molecule has 0 saturated carbocycles. The number of nitrogens with two attached hydrogens (primary N) is 1. The first-order valence-corrected chi connectivity index (χ1v) is 7.23. The van der Waals surface area contributed by atoms with Crippen molar-refractivity contribution in [3.63, 3.8) is 0 Å². The highest BCUT2D eigenvalue weighted by Gasteiger charge is 2.16. The lowest BCUT2D eigenvalue weighted by atomic mass is 10.0. The number of methoxy groups -OCH3 is 1. The molecule has 3 aromatic rings. The van der Waals surface area contributed by atoms with E-state index in [2.05, 4.69) is 26.1 Å². The van der Waals surface area contributed by atoms with Crippen LogP contribution >= 0.6 is 15.9 Å². The molecule has 0 aliphatic heterocycles. The smallest absolute Gasteiger partial charge is 0.153 e. The van der Waals surface area contributed by atoms with Crippen LogP contribution < -0.4 is 10.5 Å². The average Bonchev–Trinajstić information content (AvgIpc) is 2.89. The summed E-state index contributed by atoms with van der Waals surface area (Å²) in [5.41, 5.74) is 9.79. The molecule has 4 nitrogen and oxygen atoms in total. The number of nitrogens with zero attached hydrogens (tertiary/aromatic N) is 1. The van der Waals surface area contributed by atoms with Gasteiger partial charge >= 0.3 is 0 Å². The Morgan fingerprint density at radius 2 is 1.95 bits per heavy atom. The van der Waals surface area contributed by atoms with Crippen LogP contribution in [0.3, 0.4) is 0 Å². The predicted molar refractivity (Wildman–Crippen MR) is 88.1 cm³/mol. The third-order valence-corrected chi connectivity index (χ3v) is 3.99. The molecule has 0 fully saturated rings. The Balaban J connectivity index is 2.20. The molecule has 1 aromatic heterocycles. The van der Waals surface area contributed by atoms with Crippen LogP contribution in [-0.2, 0) is 0 Å². The van der Waals surface area contributed by atoms with E-state index in [1.165, 1.54) is 0 Å². The van der Waals surface area contributed by atoms with Crippen LogP contribution in [0.5, 0.6) is 5.75 Å². The Labute approximate surface area is 131 Å². The minimum Gasteiger partial charge on any atom is -0.497 e. The van der Waals surface area contributed by atoms with E-state index in [1.807, 2.05) is 48.5 Å². The first-order valence-electron chi connectivity index (χ1n) is 6.44. The summed E-state index contributed by atoms with van der Waals surface area (Å²) in [5, 5.41) is 7.17. The standard InChI is InChI=1S/C16H14BrN3O/c1-21-11-6-4-5-10(9-11)15-14(16(18)20-19-15)12-7-2-3-8-13(12)17/h2-9H,1H3,(H3,18,19,20). The van der Waals surface area contributed by atoms with Gasteiger partial charge in [-0.15, -0.1) is 0 Å². The Morgan fingerprint density at radius 3 is 2.71 bits per heavy atom. The van der Waals surface area contributed by atoms with E-state index < -0.39 is 0 Å². The van der Waals surface area contributed by atoms with Gasteiger partial charge in [0.2, 0.25) is 0 Å². The fraction of sp³-hybridized carbons (Fsp3) is 0.0625. The third kappa shape index (κ3) is 2.52. The van der Waals surface area contributed by atoms with Crippen molar-refractivity contribution >= 4 is 21.7 Å². The summed E-state index contributed by atoms with van der Waals surface area (Å²) in [6.07, 6.45) is 0. The second kappa shape index (κ2) is 5.61. The molecule has 1 heterocycles. The number of hydrogen-bond acceptors (Lipinski definition) is 3. The maximum Gasteiger partial charge on any atom is 0.153 e. The lowest BCUT2D eigenvalue weighted by Gasteiger charge is -2.08. The minimum atomic E-state index is 0.472. The molecule has 0 saturated heterocycles. The van der Waals surface area contributed by atoms with Gasteiger partial charge in [0.05, 0.1) is 18.4 Å². The van der Waals surface area contributed by atoms with Gasteiger partial charge in [0.15, 0.2) is 5.82 Å². The SMILES string of the molecule is COc1cccc(-c2[nH]nc(N)c2-c2ccccc2Br)c1. The molecule has 0 amide bonds. The van der Waals surface area contributed by atoms with Gasteiger partial charge in [0, 0.05) is 15.6 Å². The second-order valence-electron chi connectivity index (χ2n) is 4.57. The van der Waals surface area contributed by atoms with Gasteiger partial charge < -0.3 is 10.5 Å². The van der Waals surface area contributed by atoms with Gasteiger partial charge in [-0.2, -0.15) is 5.10 Å². The lowest BCUT2D eigenvalue weighted by molar-refractivity contribution is 0.415. The van der Waals surface area contributed by atoms with Crippen LogP contribution in [0.2, 0.25) is 0 Å². The molecule has 0 aliphatic carbocycles. The summed E-state index contributed by atoms with van der Waals surface area (Å²) in [7, 11) is 1.65. The maximum absolute atomic E-state index is 6.06. The highest BCUT2D eigenvalue weighted by Crippen LogP contribution is 2.38. The number of H-pyrrole nitrogens is 1. The largest absolute Gasteiger partial charge is 0.497 e. The Hall–Kier alpha value is -2.27. The van der Waals surface area contributed by atoms with Crippen molar-refractivity contribution in [1.29, 1.82) is 0 Å². The van der Waals surface area contributed by atoms with Crippen molar-refractivity contribution in [1.82, 2.24) is 10.2 Å². The highest BCUT2D eigenvalue weighted by molar-refractivity contribution is 9.10. The number of nitrogens with one attached hydrogen (secondary N) is 1. The zero-order valence-electron chi connectivity index (χ0n) is 11.4. The number of hydrogen-bond donors (Lipinski definition) is 2. The van der Waals surface area contributed by atoms with Crippen LogP contribution in [0.25, 0.3) is 22.4 Å². The molecular weight excluding hydrogens is 330 g/mol. The van der Waals surface area contributed by atoms with Crippen molar-refractivity contribution in [2.24, 2.45) is 0 Å². The number of aromatic nitrogens is 2. The number of anilines is 1. The molecule has 3 N–H and O–H groups in total. The summed E-state index contributed by atoms with van der Waals surface area (Å²) < 4.78 is 6.25. The molecule has 0 spiro atoms. The summed E-state index contributed by atoms with van der Waals surface area (Å²) in [6.45, 7) is 0. The number of aromatic amines is 1. The average molecular weight is 344 g/mol. The van der Waals surface area contributed by atoms with Gasteiger partial charge in [-0.1, -0.05) is 46.3 Å². The molecule has 0 aliphatic rings. The molecule has 0 unspecified atom stereocenters. The predicted octanol–water partition coefficient (Wildman–Crippen LogP) is 4.10. The maximum atomic E-state index is 6.06. The van der Waals surface area contributed by atoms with Gasteiger partial charge in [-0.25, -0.2) is 0 Å². The number of nitrogen functional groups attached to an aromatic ring is 1. The number of rotatable bonds is 3. The summed E-state index contributed by atoms with van der Waals surface area (Å²) in [6, 6.07) is 15.7. The van der Waals surface area contributed by atoms with Crippen LogP contribution in [0.15, 0.2) is 53.0 Å². The summed E-state index contributed by atoms with van der Waals surface area (Å²) in [4.78, 5) is 0. The van der Waals surface area contributed by atoms with Crippen molar-refractivity contribution in [3.05, 3.63) is 53.0 Å². The van der Waals surface area contributed by atoms with Crippen molar-refractivity contribution in [2.45, 2.75) is 0 Å². The minimum absolute atomic E-state index is 0.472. The molecule has 106 valence electrons. The molecule has 21 heavy (non-hydrogen) atoms. The molecule has 5 heteroatoms. The molecule has 0 bridgehead atoms. The lowest BCUT2D eigenvalue weighted by Crippen LogP contribution is -1.90. The zero-order chi connectivity index (χ0) is 14.8. The summed E-state index contributed by atoms with van der Waals surface area (Å²) >= 11 is 3.56. The molecule has 2 aromatic carbocycles. The van der Waals surface area contributed by atoms with Gasteiger partial charge in [-0.05, 0) is 18.2 Å². The first-order chi connectivity index (χ1) is 10.2. The number of halogens is 1. The van der Waals surface area contributed by atoms with Crippen LogP contribution in [0, 0.1) is 0 Å². The fourth-order valence-corrected chi connectivity index (χ4v) is 2.76. The summed E-state index contributed by atoms with van der Waals surface area (Å²) in [5.74, 6) is 1.26. The molecule has 3 rings (SSSR count). The number of benzene rings is 2. The van der Waals surface area contributed by atoms with E-state index in [4.69, 9.17) is 10.5 Å². The highest BCUT2D eigenvalue weighted by atomic mass is 79.9. The Bertz CT molecular complexity index is 783. The van der Waals surface area contributed by atoms with Gasteiger partial charge in [0.25, 0.3) is 0 Å². The quantitative estimate of drug-likeness (QED) is 0.752. The van der Waals surface area contributed by atoms with Crippen LogP contribution in [0.4, 0.5) is 5.82 Å². The van der Waals surface area contributed by atoms with E-state index in [9.17, 15) is 0 Å². The van der Waals surface area contributed by atoms with E-state index in [-0.39, 0.29) is 0 Å². The van der Waals surface area contributed by atoms with Crippen molar-refractivity contribution in [2.75, 3.05) is 12.8 Å². The van der Waals surface area contributed by atoms with E-state index in [0.29, 0.717) is 5.82 Å². The zero-order valence-corrected chi connectivity index (χ0v) is 13.0. The topological polar surface area (TPSA) is 63.9 Å². The molecule has 0 radical (unpaired) electrons. The Kier molecular flexibility index (Phi) is 3.66. The van der Waals surface area contributed by atoms with Gasteiger partial charge in [0.1, 0.15) is 5.75 Å². The first kappa shape index (κ1) is 13.7. The Morgan fingerprint density at radius 1 is 1.14 bits per heavy atom. The van der Waals surface area contributed by atoms with E-state index >= 15 is 0 Å². The third-order valence-electron chi connectivity index (χ3n) is 3.30.